The van der Waals surface area contributed by atoms with Gasteiger partial charge in [-0.3, -0.25) is 4.79 Å². The number of hydrogen-bond acceptors (Lipinski definition) is 3. The average Bonchev–Trinajstić information content (AvgIpc) is 2.87. The summed E-state index contributed by atoms with van der Waals surface area (Å²) in [6, 6.07) is 7.57. The molecule has 2 aliphatic heterocycles. The van der Waals surface area contributed by atoms with E-state index >= 15 is 0 Å². The molecule has 3 rings (SSSR count). The molecule has 22 heavy (non-hydrogen) atoms. The van der Waals surface area contributed by atoms with Gasteiger partial charge in [0.2, 0.25) is 0 Å². The SMILES string of the molecule is COC(=O)C1C2CC[C@H](C[C@@H]1c1ccc(C(C)C)c(I)c1)N2. The van der Waals surface area contributed by atoms with Crippen LogP contribution < -0.4 is 5.32 Å². The Morgan fingerprint density at radius 2 is 2.14 bits per heavy atom. The molecule has 0 saturated carbocycles. The van der Waals surface area contributed by atoms with Gasteiger partial charge in [0.05, 0.1) is 13.0 Å². The lowest BCUT2D eigenvalue weighted by molar-refractivity contribution is -0.148. The zero-order valence-electron chi connectivity index (χ0n) is 13.4. The smallest absolute Gasteiger partial charge is 0.310 e. The van der Waals surface area contributed by atoms with Crippen LogP contribution in [-0.4, -0.2) is 25.2 Å². The van der Waals surface area contributed by atoms with Crippen LogP contribution in [-0.2, 0) is 9.53 Å². The Morgan fingerprint density at radius 1 is 1.36 bits per heavy atom. The first kappa shape index (κ1) is 16.2. The zero-order chi connectivity index (χ0) is 15.9. The molecule has 0 aliphatic carbocycles. The van der Waals surface area contributed by atoms with E-state index in [1.165, 1.54) is 28.2 Å². The molecule has 2 bridgehead atoms. The van der Waals surface area contributed by atoms with E-state index < -0.39 is 0 Å². The van der Waals surface area contributed by atoms with Gasteiger partial charge in [-0.05, 0) is 65.0 Å². The van der Waals surface area contributed by atoms with Gasteiger partial charge in [-0.2, -0.15) is 0 Å². The predicted molar refractivity (Wildman–Crippen MR) is 96.1 cm³/mol. The number of carbonyl (C=O) groups excluding carboxylic acids is 1. The fraction of sp³-hybridized carbons (Fsp3) is 0.611. The highest BCUT2D eigenvalue weighted by atomic mass is 127. The molecule has 0 aromatic heterocycles. The molecule has 2 aliphatic rings. The van der Waals surface area contributed by atoms with Crippen LogP contribution >= 0.6 is 22.6 Å². The molecular formula is C18H24INO2. The number of rotatable bonds is 3. The standard InChI is InChI=1S/C18H24INO2/c1-10(2)13-6-4-11(8-15(13)19)14-9-12-5-7-16(20-12)17(14)18(21)22-3/h4,6,8,10,12,14,16-17,20H,5,7,9H2,1-3H3/t12-,14-,16?,17?/m1/s1. The lowest BCUT2D eigenvalue weighted by Crippen LogP contribution is -2.48. The fourth-order valence-corrected chi connectivity index (χ4v) is 5.27. The molecule has 1 N–H and O–H groups in total. The molecule has 0 amide bonds. The molecule has 120 valence electrons. The number of methoxy groups -OCH3 is 1. The summed E-state index contributed by atoms with van der Waals surface area (Å²) in [6.07, 6.45) is 3.30. The van der Waals surface area contributed by atoms with Crippen molar-refractivity contribution in [3.05, 3.63) is 32.9 Å². The van der Waals surface area contributed by atoms with Crippen molar-refractivity contribution in [3.8, 4) is 0 Å². The summed E-state index contributed by atoms with van der Waals surface area (Å²) in [5, 5.41) is 3.60. The molecule has 4 heteroatoms. The first-order valence-electron chi connectivity index (χ1n) is 8.14. The Morgan fingerprint density at radius 3 is 2.77 bits per heavy atom. The number of esters is 1. The summed E-state index contributed by atoms with van der Waals surface area (Å²) >= 11 is 2.43. The van der Waals surface area contributed by atoms with Crippen molar-refractivity contribution in [2.24, 2.45) is 5.92 Å². The summed E-state index contributed by atoms with van der Waals surface area (Å²) < 4.78 is 6.41. The summed E-state index contributed by atoms with van der Waals surface area (Å²) in [5.41, 5.74) is 2.68. The maximum atomic E-state index is 12.3. The van der Waals surface area contributed by atoms with Crippen molar-refractivity contribution in [1.29, 1.82) is 0 Å². The van der Waals surface area contributed by atoms with E-state index in [9.17, 15) is 4.79 Å². The summed E-state index contributed by atoms with van der Waals surface area (Å²) in [4.78, 5) is 12.3. The number of piperidine rings is 1. The van der Waals surface area contributed by atoms with Gasteiger partial charge in [0.25, 0.3) is 0 Å². The normalized spacial score (nSPS) is 30.6. The maximum Gasteiger partial charge on any atom is 0.310 e. The minimum Gasteiger partial charge on any atom is -0.469 e. The van der Waals surface area contributed by atoms with Crippen molar-refractivity contribution in [1.82, 2.24) is 5.32 Å². The second-order valence-corrected chi connectivity index (χ2v) is 8.04. The van der Waals surface area contributed by atoms with Crippen LogP contribution in [0.5, 0.6) is 0 Å². The van der Waals surface area contributed by atoms with Crippen LogP contribution in [0.1, 0.15) is 56.1 Å². The third kappa shape index (κ3) is 2.92. The Balaban J connectivity index is 1.94. The van der Waals surface area contributed by atoms with Crippen LogP contribution in [0.2, 0.25) is 0 Å². The van der Waals surface area contributed by atoms with Gasteiger partial charge in [-0.1, -0.05) is 26.0 Å². The zero-order valence-corrected chi connectivity index (χ0v) is 15.6. The highest BCUT2D eigenvalue weighted by molar-refractivity contribution is 14.1. The van der Waals surface area contributed by atoms with Crippen molar-refractivity contribution in [2.45, 2.75) is 57.0 Å². The van der Waals surface area contributed by atoms with Crippen molar-refractivity contribution in [3.63, 3.8) is 0 Å². The first-order chi connectivity index (χ1) is 10.5. The van der Waals surface area contributed by atoms with Crippen LogP contribution in [0.25, 0.3) is 0 Å². The van der Waals surface area contributed by atoms with E-state index in [2.05, 4.69) is 60.0 Å². The van der Waals surface area contributed by atoms with E-state index in [0.717, 1.165) is 12.8 Å². The Labute approximate surface area is 146 Å². The number of ether oxygens (including phenoxy) is 1. The molecule has 3 nitrogen and oxygen atoms in total. The lowest BCUT2D eigenvalue weighted by Gasteiger charge is -2.36. The summed E-state index contributed by atoms with van der Waals surface area (Å²) in [6.45, 7) is 4.44. The van der Waals surface area contributed by atoms with Gasteiger partial charge in [0.1, 0.15) is 0 Å². The van der Waals surface area contributed by atoms with Crippen LogP contribution in [0.3, 0.4) is 0 Å². The molecule has 1 aromatic rings. The van der Waals surface area contributed by atoms with E-state index in [1.54, 1.807) is 0 Å². The quantitative estimate of drug-likeness (QED) is 0.605. The van der Waals surface area contributed by atoms with Gasteiger partial charge in [-0.25, -0.2) is 0 Å². The van der Waals surface area contributed by atoms with Gasteiger partial charge in [0, 0.05) is 21.6 Å². The topological polar surface area (TPSA) is 38.3 Å². The lowest BCUT2D eigenvalue weighted by atomic mass is 9.76. The predicted octanol–water partition coefficient (Wildman–Crippen LogP) is 3.81. The monoisotopic (exact) mass is 413 g/mol. The second kappa shape index (κ2) is 6.48. The number of fused-ring (bicyclic) bond motifs is 2. The molecule has 2 saturated heterocycles. The number of hydrogen-bond donors (Lipinski definition) is 1. The number of nitrogens with one attached hydrogen (secondary N) is 1. The minimum absolute atomic E-state index is 0.0514. The molecule has 2 fully saturated rings. The molecular weight excluding hydrogens is 389 g/mol. The van der Waals surface area contributed by atoms with E-state index in [4.69, 9.17) is 4.74 Å². The van der Waals surface area contributed by atoms with Gasteiger partial charge in [-0.15, -0.1) is 0 Å². The molecule has 1 aromatic carbocycles. The molecule has 2 heterocycles. The fourth-order valence-electron chi connectivity index (χ4n) is 4.10. The third-order valence-corrected chi connectivity index (χ3v) is 6.16. The first-order valence-corrected chi connectivity index (χ1v) is 9.22. The van der Waals surface area contributed by atoms with E-state index in [1.807, 2.05) is 0 Å². The van der Waals surface area contributed by atoms with Crippen molar-refractivity contribution >= 4 is 28.6 Å². The summed E-state index contributed by atoms with van der Waals surface area (Å²) in [7, 11) is 1.51. The van der Waals surface area contributed by atoms with Crippen LogP contribution in [0, 0.1) is 9.49 Å². The van der Waals surface area contributed by atoms with Gasteiger partial charge >= 0.3 is 5.97 Å². The number of benzene rings is 1. The highest BCUT2D eigenvalue weighted by Gasteiger charge is 2.46. The van der Waals surface area contributed by atoms with Crippen LogP contribution in [0.15, 0.2) is 18.2 Å². The maximum absolute atomic E-state index is 12.3. The number of carbonyl (C=O) groups is 1. The molecule has 0 spiro atoms. The summed E-state index contributed by atoms with van der Waals surface area (Å²) in [5.74, 6) is 0.692. The van der Waals surface area contributed by atoms with Crippen molar-refractivity contribution < 1.29 is 9.53 Å². The van der Waals surface area contributed by atoms with Gasteiger partial charge < -0.3 is 10.1 Å². The Hall–Kier alpha value is -0.620. The molecule has 0 radical (unpaired) electrons. The van der Waals surface area contributed by atoms with Gasteiger partial charge in [0.15, 0.2) is 0 Å². The Bertz CT molecular complexity index is 572. The Kier molecular flexibility index (Phi) is 4.78. The third-order valence-electron chi connectivity index (χ3n) is 5.23. The highest BCUT2D eigenvalue weighted by Crippen LogP contribution is 2.43. The average molecular weight is 413 g/mol. The van der Waals surface area contributed by atoms with Crippen LogP contribution in [0.4, 0.5) is 0 Å². The number of halogens is 1. The van der Waals surface area contributed by atoms with E-state index in [-0.39, 0.29) is 23.8 Å². The molecule has 2 unspecified atom stereocenters. The minimum atomic E-state index is -0.0641. The second-order valence-electron chi connectivity index (χ2n) is 6.87. The van der Waals surface area contributed by atoms with E-state index in [0.29, 0.717) is 12.0 Å². The van der Waals surface area contributed by atoms with Crippen molar-refractivity contribution in [2.75, 3.05) is 7.11 Å². The molecule has 4 atom stereocenters. The largest absolute Gasteiger partial charge is 0.469 e.